The van der Waals surface area contributed by atoms with Gasteiger partial charge in [0.05, 0.1) is 10.9 Å². The maximum Gasteiger partial charge on any atom is 0.259 e. The van der Waals surface area contributed by atoms with Crippen LogP contribution in [0.4, 0.5) is 0 Å². The van der Waals surface area contributed by atoms with Crippen LogP contribution in [0.3, 0.4) is 0 Å². The van der Waals surface area contributed by atoms with Gasteiger partial charge in [-0.05, 0) is 58.8 Å². The third kappa shape index (κ3) is 3.48. The standard InChI is InChI=1S/C25H18N2O2/c28-25-22-7-3-4-8-23(22)26-24(27-25)19-11-13-21(14-12-19)29-16-17-9-10-18-5-1-2-6-20(18)15-17/h1-15H,16H2,(H,26,27,28). The van der Waals surface area contributed by atoms with Gasteiger partial charge >= 0.3 is 0 Å². The minimum Gasteiger partial charge on any atom is -0.489 e. The molecule has 5 rings (SSSR count). The first-order valence-corrected chi connectivity index (χ1v) is 9.46. The maximum atomic E-state index is 12.3. The molecule has 5 aromatic rings. The van der Waals surface area contributed by atoms with Gasteiger partial charge in [0.25, 0.3) is 5.56 Å². The second-order valence-corrected chi connectivity index (χ2v) is 6.93. The molecular formula is C25H18N2O2. The Morgan fingerprint density at radius 1 is 0.793 bits per heavy atom. The summed E-state index contributed by atoms with van der Waals surface area (Å²) in [4.78, 5) is 19.7. The molecule has 0 amide bonds. The molecule has 4 heteroatoms. The molecule has 0 saturated heterocycles. The third-order valence-electron chi connectivity index (χ3n) is 4.96. The molecule has 0 saturated carbocycles. The van der Waals surface area contributed by atoms with Gasteiger partial charge in [0.1, 0.15) is 18.2 Å². The first kappa shape index (κ1) is 17.2. The topological polar surface area (TPSA) is 55.0 Å². The fourth-order valence-electron chi connectivity index (χ4n) is 3.43. The van der Waals surface area contributed by atoms with Crippen LogP contribution in [0.25, 0.3) is 33.1 Å². The quantitative estimate of drug-likeness (QED) is 0.460. The molecule has 4 aromatic carbocycles. The van der Waals surface area contributed by atoms with Crippen molar-refractivity contribution in [3.63, 3.8) is 0 Å². The van der Waals surface area contributed by atoms with Crippen molar-refractivity contribution in [1.82, 2.24) is 9.97 Å². The highest BCUT2D eigenvalue weighted by Gasteiger charge is 2.06. The zero-order chi connectivity index (χ0) is 19.6. The van der Waals surface area contributed by atoms with Crippen molar-refractivity contribution in [1.29, 1.82) is 0 Å². The van der Waals surface area contributed by atoms with Crippen LogP contribution in [0.2, 0.25) is 0 Å². The van der Waals surface area contributed by atoms with E-state index in [1.165, 1.54) is 10.8 Å². The highest BCUT2D eigenvalue weighted by molar-refractivity contribution is 5.83. The lowest BCUT2D eigenvalue weighted by Crippen LogP contribution is -2.09. The summed E-state index contributed by atoms with van der Waals surface area (Å²) in [6.07, 6.45) is 0. The number of benzene rings is 4. The van der Waals surface area contributed by atoms with Gasteiger partial charge in [-0.25, -0.2) is 4.98 Å². The van der Waals surface area contributed by atoms with Crippen LogP contribution in [-0.2, 0) is 6.61 Å². The van der Waals surface area contributed by atoms with Crippen molar-refractivity contribution in [3.05, 3.63) is 107 Å². The monoisotopic (exact) mass is 378 g/mol. The lowest BCUT2D eigenvalue weighted by Gasteiger charge is -2.09. The summed E-state index contributed by atoms with van der Waals surface area (Å²) >= 11 is 0. The van der Waals surface area contributed by atoms with E-state index in [1.807, 2.05) is 54.6 Å². The van der Waals surface area contributed by atoms with E-state index in [9.17, 15) is 4.79 Å². The summed E-state index contributed by atoms with van der Waals surface area (Å²) in [5.41, 5.74) is 2.50. The van der Waals surface area contributed by atoms with Crippen molar-refractivity contribution in [2.75, 3.05) is 0 Å². The molecule has 1 heterocycles. The second-order valence-electron chi connectivity index (χ2n) is 6.93. The van der Waals surface area contributed by atoms with E-state index in [0.717, 1.165) is 16.9 Å². The highest BCUT2D eigenvalue weighted by Crippen LogP contribution is 2.22. The number of H-pyrrole nitrogens is 1. The number of hydrogen-bond acceptors (Lipinski definition) is 3. The van der Waals surface area contributed by atoms with Gasteiger partial charge in [0.2, 0.25) is 0 Å². The number of rotatable bonds is 4. The fourth-order valence-corrected chi connectivity index (χ4v) is 3.43. The number of nitrogens with one attached hydrogen (secondary N) is 1. The molecule has 140 valence electrons. The average Bonchev–Trinajstić information content (AvgIpc) is 2.78. The Kier molecular flexibility index (Phi) is 4.30. The number of fused-ring (bicyclic) bond motifs is 2. The van der Waals surface area contributed by atoms with Crippen molar-refractivity contribution < 1.29 is 4.74 Å². The smallest absolute Gasteiger partial charge is 0.259 e. The van der Waals surface area contributed by atoms with Gasteiger partial charge in [-0.1, -0.05) is 48.5 Å². The minimum atomic E-state index is -0.137. The second kappa shape index (κ2) is 7.24. The number of hydrogen-bond donors (Lipinski definition) is 1. The Bertz CT molecular complexity index is 1370. The van der Waals surface area contributed by atoms with Crippen LogP contribution >= 0.6 is 0 Å². The van der Waals surface area contributed by atoms with Crippen LogP contribution in [0.5, 0.6) is 5.75 Å². The van der Waals surface area contributed by atoms with Gasteiger partial charge in [0, 0.05) is 5.56 Å². The Hall–Kier alpha value is -3.92. The molecular weight excluding hydrogens is 360 g/mol. The molecule has 1 N–H and O–H groups in total. The number of aromatic amines is 1. The summed E-state index contributed by atoms with van der Waals surface area (Å²) in [7, 11) is 0. The van der Waals surface area contributed by atoms with Crippen LogP contribution in [-0.4, -0.2) is 9.97 Å². The first-order chi connectivity index (χ1) is 14.3. The molecule has 1 aromatic heterocycles. The van der Waals surface area contributed by atoms with E-state index in [4.69, 9.17) is 4.74 Å². The largest absolute Gasteiger partial charge is 0.489 e. The molecule has 29 heavy (non-hydrogen) atoms. The van der Waals surface area contributed by atoms with Crippen molar-refractivity contribution in [2.45, 2.75) is 6.61 Å². The molecule has 0 aliphatic rings. The van der Waals surface area contributed by atoms with E-state index in [0.29, 0.717) is 23.3 Å². The Balaban J connectivity index is 1.35. The lowest BCUT2D eigenvalue weighted by molar-refractivity contribution is 0.306. The summed E-state index contributed by atoms with van der Waals surface area (Å²) in [6, 6.07) is 29.5. The summed E-state index contributed by atoms with van der Waals surface area (Å²) < 4.78 is 5.93. The number of para-hydroxylation sites is 1. The Morgan fingerprint density at radius 2 is 1.55 bits per heavy atom. The van der Waals surface area contributed by atoms with Crippen LogP contribution in [0.1, 0.15) is 5.56 Å². The molecule has 0 aliphatic heterocycles. The number of ether oxygens (including phenoxy) is 1. The normalized spacial score (nSPS) is 11.0. The molecule has 0 radical (unpaired) electrons. The summed E-state index contributed by atoms with van der Waals surface area (Å²) in [5.74, 6) is 1.32. The van der Waals surface area contributed by atoms with E-state index in [-0.39, 0.29) is 5.56 Å². The number of nitrogens with zero attached hydrogens (tertiary/aromatic N) is 1. The van der Waals surface area contributed by atoms with Gasteiger partial charge in [-0.15, -0.1) is 0 Å². The van der Waals surface area contributed by atoms with E-state index < -0.39 is 0 Å². The Morgan fingerprint density at radius 3 is 2.41 bits per heavy atom. The molecule has 4 nitrogen and oxygen atoms in total. The van der Waals surface area contributed by atoms with E-state index in [1.54, 1.807) is 6.07 Å². The van der Waals surface area contributed by atoms with Gasteiger partial charge in [-0.3, -0.25) is 4.79 Å². The van der Waals surface area contributed by atoms with Crippen LogP contribution in [0.15, 0.2) is 95.8 Å². The van der Waals surface area contributed by atoms with Gasteiger partial charge < -0.3 is 9.72 Å². The van der Waals surface area contributed by atoms with Crippen LogP contribution < -0.4 is 10.3 Å². The Labute approximate surface area is 167 Å². The molecule has 0 aliphatic carbocycles. The molecule has 0 fully saturated rings. The van der Waals surface area contributed by atoms with E-state index >= 15 is 0 Å². The summed E-state index contributed by atoms with van der Waals surface area (Å²) in [5, 5.41) is 3.01. The molecule has 0 bridgehead atoms. The zero-order valence-corrected chi connectivity index (χ0v) is 15.6. The van der Waals surface area contributed by atoms with E-state index in [2.05, 4.69) is 40.3 Å². The average molecular weight is 378 g/mol. The van der Waals surface area contributed by atoms with Gasteiger partial charge in [-0.2, -0.15) is 0 Å². The van der Waals surface area contributed by atoms with Crippen LogP contribution in [0, 0.1) is 0 Å². The van der Waals surface area contributed by atoms with Crippen molar-refractivity contribution >= 4 is 21.7 Å². The fraction of sp³-hybridized carbons (Fsp3) is 0.0400. The minimum absolute atomic E-state index is 0.137. The molecule has 0 spiro atoms. The van der Waals surface area contributed by atoms with Crippen molar-refractivity contribution in [3.8, 4) is 17.1 Å². The first-order valence-electron chi connectivity index (χ1n) is 9.46. The predicted octanol–water partition coefficient (Wildman–Crippen LogP) is 5.32. The predicted molar refractivity (Wildman–Crippen MR) is 116 cm³/mol. The maximum absolute atomic E-state index is 12.3. The zero-order valence-electron chi connectivity index (χ0n) is 15.6. The highest BCUT2D eigenvalue weighted by atomic mass is 16.5. The number of aromatic nitrogens is 2. The van der Waals surface area contributed by atoms with Gasteiger partial charge in [0.15, 0.2) is 0 Å². The molecule has 0 atom stereocenters. The van der Waals surface area contributed by atoms with Crippen molar-refractivity contribution in [2.24, 2.45) is 0 Å². The SMILES string of the molecule is O=c1[nH]c(-c2ccc(OCc3ccc4ccccc4c3)cc2)nc2ccccc12. The molecule has 0 unspecified atom stereocenters. The lowest BCUT2D eigenvalue weighted by atomic mass is 10.1. The summed E-state index contributed by atoms with van der Waals surface area (Å²) in [6.45, 7) is 0.495. The third-order valence-corrected chi connectivity index (χ3v) is 4.96.